The van der Waals surface area contributed by atoms with E-state index in [1.807, 2.05) is 12.1 Å². The van der Waals surface area contributed by atoms with Gasteiger partial charge in [-0.05, 0) is 94.0 Å². The summed E-state index contributed by atoms with van der Waals surface area (Å²) in [6.07, 6.45) is 9.81. The average molecular weight is 522 g/mol. The summed E-state index contributed by atoms with van der Waals surface area (Å²) in [5, 5.41) is 9.47. The second-order valence-electron chi connectivity index (χ2n) is 10.2. The van der Waals surface area contributed by atoms with Crippen molar-refractivity contribution in [3.8, 4) is 0 Å². The first-order valence-electron chi connectivity index (χ1n) is 13.5. The molecule has 1 saturated carbocycles. The summed E-state index contributed by atoms with van der Waals surface area (Å²) >= 11 is 0. The predicted octanol–water partition coefficient (Wildman–Crippen LogP) is 4.49. The van der Waals surface area contributed by atoms with Crippen molar-refractivity contribution in [2.45, 2.75) is 95.6 Å². The lowest BCUT2D eigenvalue weighted by atomic mass is 9.82. The summed E-state index contributed by atoms with van der Waals surface area (Å²) in [5.74, 6) is 0.432. The number of carbonyl (C=O) groups excluding carboxylic acids is 3. The van der Waals surface area contributed by atoms with Crippen LogP contribution in [0.3, 0.4) is 0 Å². The molecule has 2 amide bonds. The molecular formula is C28H44ClN3O4. The van der Waals surface area contributed by atoms with Crippen molar-refractivity contribution in [2.75, 3.05) is 20.2 Å². The van der Waals surface area contributed by atoms with Crippen molar-refractivity contribution in [3.63, 3.8) is 0 Å². The second-order valence-corrected chi connectivity index (χ2v) is 10.2. The summed E-state index contributed by atoms with van der Waals surface area (Å²) < 4.78 is 4.94. The van der Waals surface area contributed by atoms with Gasteiger partial charge in [0.15, 0.2) is 0 Å². The number of esters is 1. The zero-order chi connectivity index (χ0) is 25.0. The zero-order valence-electron chi connectivity index (χ0n) is 21.9. The standard InChI is InChI=1S/C28H43N3O4.ClH/c1-3-4-5-6-26(32)31-25(28(34)35-2)19-20-7-13-24(14-8-20)30-27(33)23-11-9-21(10-12-23)22-15-17-29-18-16-22;/h9-12,20,22,24-25,29H,3-8,13-19H2,1-2H3,(H,30,33)(H,31,32);1H. The SMILES string of the molecule is CCCCCC(=O)NC(CC1CCC(NC(=O)c2ccc(C3CCNCC3)cc2)CC1)C(=O)OC.Cl. The van der Waals surface area contributed by atoms with E-state index in [9.17, 15) is 14.4 Å². The lowest BCUT2D eigenvalue weighted by Crippen LogP contribution is -2.44. The molecule has 8 heteroatoms. The smallest absolute Gasteiger partial charge is 0.328 e. The maximum atomic E-state index is 12.8. The molecule has 1 aliphatic heterocycles. The maximum absolute atomic E-state index is 12.8. The molecule has 202 valence electrons. The highest BCUT2D eigenvalue weighted by Gasteiger charge is 2.29. The largest absolute Gasteiger partial charge is 0.467 e. The maximum Gasteiger partial charge on any atom is 0.328 e. The number of piperidine rings is 1. The number of amides is 2. The van der Waals surface area contributed by atoms with E-state index in [-0.39, 0.29) is 36.2 Å². The van der Waals surface area contributed by atoms with E-state index >= 15 is 0 Å². The van der Waals surface area contributed by atoms with Crippen LogP contribution in [0.15, 0.2) is 24.3 Å². The van der Waals surface area contributed by atoms with Gasteiger partial charge in [-0.15, -0.1) is 12.4 Å². The van der Waals surface area contributed by atoms with Crippen LogP contribution in [-0.4, -0.2) is 50.1 Å². The lowest BCUT2D eigenvalue weighted by molar-refractivity contribution is -0.145. The van der Waals surface area contributed by atoms with Gasteiger partial charge in [-0.3, -0.25) is 9.59 Å². The van der Waals surface area contributed by atoms with E-state index in [0.29, 0.717) is 30.2 Å². The Labute approximate surface area is 222 Å². The van der Waals surface area contributed by atoms with Gasteiger partial charge in [0, 0.05) is 18.0 Å². The van der Waals surface area contributed by atoms with E-state index in [4.69, 9.17) is 4.74 Å². The van der Waals surface area contributed by atoms with E-state index in [2.05, 4.69) is 35.0 Å². The van der Waals surface area contributed by atoms with Crippen molar-refractivity contribution >= 4 is 30.2 Å². The van der Waals surface area contributed by atoms with Crippen molar-refractivity contribution in [3.05, 3.63) is 35.4 Å². The number of unbranched alkanes of at least 4 members (excludes halogenated alkanes) is 2. The van der Waals surface area contributed by atoms with Crippen LogP contribution in [0.2, 0.25) is 0 Å². The molecule has 0 aromatic heterocycles. The Hall–Kier alpha value is -2.12. The van der Waals surface area contributed by atoms with Gasteiger partial charge in [-0.2, -0.15) is 0 Å². The van der Waals surface area contributed by atoms with Crippen LogP contribution in [0.4, 0.5) is 0 Å². The third-order valence-electron chi connectivity index (χ3n) is 7.56. The fraction of sp³-hybridized carbons (Fsp3) is 0.679. The number of ether oxygens (including phenoxy) is 1. The Morgan fingerprint density at radius 2 is 1.67 bits per heavy atom. The van der Waals surface area contributed by atoms with Gasteiger partial charge in [0.2, 0.25) is 5.91 Å². The topological polar surface area (TPSA) is 96.5 Å². The minimum atomic E-state index is -0.594. The highest BCUT2D eigenvalue weighted by atomic mass is 35.5. The Morgan fingerprint density at radius 3 is 2.28 bits per heavy atom. The molecule has 3 N–H and O–H groups in total. The molecule has 1 aromatic rings. The Kier molecular flexibility index (Phi) is 13.3. The molecule has 0 spiro atoms. The van der Waals surface area contributed by atoms with Crippen molar-refractivity contribution in [2.24, 2.45) is 5.92 Å². The van der Waals surface area contributed by atoms with E-state index < -0.39 is 6.04 Å². The first kappa shape index (κ1) is 30.1. The van der Waals surface area contributed by atoms with Gasteiger partial charge in [0.25, 0.3) is 5.91 Å². The van der Waals surface area contributed by atoms with Gasteiger partial charge in [-0.25, -0.2) is 4.79 Å². The number of rotatable bonds is 11. The molecule has 7 nitrogen and oxygen atoms in total. The van der Waals surface area contributed by atoms with E-state index in [1.165, 1.54) is 12.7 Å². The van der Waals surface area contributed by atoms with Gasteiger partial charge in [0.05, 0.1) is 7.11 Å². The molecule has 1 heterocycles. The summed E-state index contributed by atoms with van der Waals surface area (Å²) in [4.78, 5) is 37.3. The highest BCUT2D eigenvalue weighted by molar-refractivity contribution is 5.94. The van der Waals surface area contributed by atoms with Crippen molar-refractivity contribution in [1.29, 1.82) is 0 Å². The quantitative estimate of drug-likeness (QED) is 0.294. The minimum Gasteiger partial charge on any atom is -0.467 e. The summed E-state index contributed by atoms with van der Waals surface area (Å²) in [6, 6.07) is 7.65. The Morgan fingerprint density at radius 1 is 1.00 bits per heavy atom. The van der Waals surface area contributed by atoms with Crippen molar-refractivity contribution in [1.82, 2.24) is 16.0 Å². The van der Waals surface area contributed by atoms with Crippen LogP contribution in [0, 0.1) is 5.92 Å². The minimum absolute atomic E-state index is 0. The van der Waals surface area contributed by atoms with Gasteiger partial charge in [-0.1, -0.05) is 31.9 Å². The zero-order valence-corrected chi connectivity index (χ0v) is 22.7. The molecule has 1 unspecified atom stereocenters. The van der Waals surface area contributed by atoms with Crippen LogP contribution in [-0.2, 0) is 14.3 Å². The molecule has 2 fully saturated rings. The fourth-order valence-corrected chi connectivity index (χ4v) is 5.36. The first-order valence-corrected chi connectivity index (χ1v) is 13.5. The fourth-order valence-electron chi connectivity index (χ4n) is 5.36. The van der Waals surface area contributed by atoms with Crippen LogP contribution in [0.5, 0.6) is 0 Å². The van der Waals surface area contributed by atoms with Crippen LogP contribution in [0.25, 0.3) is 0 Å². The monoisotopic (exact) mass is 521 g/mol. The third kappa shape index (κ3) is 9.40. The molecule has 0 bridgehead atoms. The lowest BCUT2D eigenvalue weighted by Gasteiger charge is -2.31. The second kappa shape index (κ2) is 15.9. The first-order chi connectivity index (χ1) is 17.0. The average Bonchev–Trinajstić information content (AvgIpc) is 2.89. The number of hydrogen-bond donors (Lipinski definition) is 3. The molecule has 1 aromatic carbocycles. The molecule has 3 rings (SSSR count). The number of carbonyl (C=O) groups is 3. The molecular weight excluding hydrogens is 478 g/mol. The van der Waals surface area contributed by atoms with Crippen LogP contribution >= 0.6 is 12.4 Å². The Bertz CT molecular complexity index is 819. The van der Waals surface area contributed by atoms with Crippen LogP contribution < -0.4 is 16.0 Å². The molecule has 1 atom stereocenters. The number of hydrogen-bond acceptors (Lipinski definition) is 5. The molecule has 2 aliphatic rings. The number of nitrogens with one attached hydrogen (secondary N) is 3. The van der Waals surface area contributed by atoms with E-state index in [0.717, 1.165) is 70.9 Å². The third-order valence-corrected chi connectivity index (χ3v) is 7.56. The highest BCUT2D eigenvalue weighted by Crippen LogP contribution is 2.29. The predicted molar refractivity (Wildman–Crippen MR) is 144 cm³/mol. The van der Waals surface area contributed by atoms with E-state index in [1.54, 1.807) is 0 Å². The molecule has 36 heavy (non-hydrogen) atoms. The number of methoxy groups -OCH3 is 1. The van der Waals surface area contributed by atoms with Crippen LogP contribution in [0.1, 0.15) is 99.4 Å². The number of halogens is 1. The summed E-state index contributed by atoms with van der Waals surface area (Å²) in [5.41, 5.74) is 2.03. The Balaban J connectivity index is 0.00000456. The summed E-state index contributed by atoms with van der Waals surface area (Å²) in [7, 11) is 1.36. The summed E-state index contributed by atoms with van der Waals surface area (Å²) in [6.45, 7) is 4.21. The van der Waals surface area contributed by atoms with Gasteiger partial charge >= 0.3 is 5.97 Å². The molecule has 1 aliphatic carbocycles. The molecule has 0 radical (unpaired) electrons. The van der Waals surface area contributed by atoms with Gasteiger partial charge in [0.1, 0.15) is 6.04 Å². The number of benzene rings is 1. The molecule has 1 saturated heterocycles. The normalized spacial score (nSPS) is 21.1. The van der Waals surface area contributed by atoms with Gasteiger partial charge < -0.3 is 20.7 Å². The van der Waals surface area contributed by atoms with Crippen molar-refractivity contribution < 1.29 is 19.1 Å².